The fourth-order valence-corrected chi connectivity index (χ4v) is 3.95. The van der Waals surface area contributed by atoms with Crippen LogP contribution in [-0.2, 0) is 10.0 Å². The summed E-state index contributed by atoms with van der Waals surface area (Å²) in [4.78, 5) is 15.0. The first kappa shape index (κ1) is 16.1. The third-order valence-corrected chi connectivity index (χ3v) is 5.18. The molecule has 1 atom stereocenters. The molecule has 8 heteroatoms. The van der Waals surface area contributed by atoms with E-state index in [1.807, 2.05) is 0 Å². The van der Waals surface area contributed by atoms with Crippen LogP contribution < -0.4 is 10.6 Å². The Bertz CT molecular complexity index is 922. The number of pyridine rings is 1. The number of nitrogens with two attached hydrogens (primary N) is 1. The summed E-state index contributed by atoms with van der Waals surface area (Å²) in [5.41, 5.74) is 0.161. The van der Waals surface area contributed by atoms with Gasteiger partial charge in [0.15, 0.2) is 5.43 Å². The number of sulfonamides is 1. The minimum absolute atomic E-state index is 0.0404. The van der Waals surface area contributed by atoms with Gasteiger partial charge in [-0.2, -0.15) is 0 Å². The number of aromatic amines is 1. The SMILES string of the molecule is NS(=O)(=O)c1cccc2[nH]c([C@H]3CCCC(F)(F)C3)cc(=O)c12. The Balaban J connectivity index is 2.15. The first-order chi connectivity index (χ1) is 10.7. The standard InChI is InChI=1S/C15H16F2N2O3S/c16-15(17)6-2-3-9(8-15)11-7-12(20)14-10(19-11)4-1-5-13(14)23(18,21)22/h1,4-5,7,9H,2-3,6,8H2,(H,19,20)(H2,18,21,22)/t9-/m0/s1. The average molecular weight is 342 g/mol. The van der Waals surface area contributed by atoms with Crippen LogP contribution in [0.3, 0.4) is 0 Å². The van der Waals surface area contributed by atoms with Crippen molar-refractivity contribution in [1.29, 1.82) is 0 Å². The summed E-state index contributed by atoms with van der Waals surface area (Å²) in [5, 5.41) is 5.09. The number of alkyl halides is 2. The topological polar surface area (TPSA) is 93.0 Å². The highest BCUT2D eigenvalue weighted by Crippen LogP contribution is 2.41. The van der Waals surface area contributed by atoms with Gasteiger partial charge in [-0.25, -0.2) is 22.3 Å². The number of hydrogen-bond acceptors (Lipinski definition) is 3. The zero-order chi connectivity index (χ0) is 16.8. The monoisotopic (exact) mass is 342 g/mol. The Morgan fingerprint density at radius 1 is 1.30 bits per heavy atom. The maximum Gasteiger partial charge on any atom is 0.248 e. The molecule has 0 spiro atoms. The Morgan fingerprint density at radius 2 is 2.04 bits per heavy atom. The predicted octanol–water partition coefficient (Wildman–Crippen LogP) is 2.47. The van der Waals surface area contributed by atoms with E-state index in [0.29, 0.717) is 18.5 Å². The molecule has 0 amide bonds. The van der Waals surface area contributed by atoms with Crippen molar-refractivity contribution in [3.05, 3.63) is 40.2 Å². The van der Waals surface area contributed by atoms with Crippen molar-refractivity contribution in [3.8, 4) is 0 Å². The summed E-state index contributed by atoms with van der Waals surface area (Å²) >= 11 is 0. The molecule has 1 aliphatic carbocycles. The highest BCUT2D eigenvalue weighted by Gasteiger charge is 2.37. The number of aromatic nitrogens is 1. The molecule has 0 radical (unpaired) electrons. The number of H-pyrrole nitrogens is 1. The second kappa shape index (κ2) is 5.38. The van der Waals surface area contributed by atoms with E-state index in [4.69, 9.17) is 5.14 Å². The molecular formula is C15H16F2N2O3S. The van der Waals surface area contributed by atoms with Crippen molar-refractivity contribution < 1.29 is 17.2 Å². The molecule has 5 nitrogen and oxygen atoms in total. The zero-order valence-electron chi connectivity index (χ0n) is 12.2. The third kappa shape index (κ3) is 3.13. The second-order valence-corrected chi connectivity index (χ2v) is 7.49. The van der Waals surface area contributed by atoms with E-state index in [9.17, 15) is 22.0 Å². The van der Waals surface area contributed by atoms with Crippen molar-refractivity contribution in [1.82, 2.24) is 4.98 Å². The maximum atomic E-state index is 13.6. The molecule has 0 aliphatic heterocycles. The highest BCUT2D eigenvalue weighted by atomic mass is 32.2. The molecule has 1 aliphatic rings. The summed E-state index contributed by atoms with van der Waals surface area (Å²) in [5.74, 6) is -3.19. The van der Waals surface area contributed by atoms with Crippen LogP contribution in [0.5, 0.6) is 0 Å². The van der Waals surface area contributed by atoms with Gasteiger partial charge in [0, 0.05) is 30.5 Å². The molecule has 0 bridgehead atoms. The molecule has 1 fully saturated rings. The van der Waals surface area contributed by atoms with Gasteiger partial charge in [0.05, 0.1) is 15.8 Å². The molecule has 1 saturated carbocycles. The molecule has 1 aromatic heterocycles. The molecule has 0 saturated heterocycles. The van der Waals surface area contributed by atoms with Crippen molar-refractivity contribution >= 4 is 20.9 Å². The molecule has 1 aromatic carbocycles. The number of halogens is 2. The second-order valence-electron chi connectivity index (χ2n) is 5.96. The zero-order valence-corrected chi connectivity index (χ0v) is 13.0. The largest absolute Gasteiger partial charge is 0.358 e. The van der Waals surface area contributed by atoms with Crippen molar-refractivity contribution in [2.45, 2.75) is 42.4 Å². The lowest BCUT2D eigenvalue weighted by Crippen LogP contribution is -2.26. The van der Waals surface area contributed by atoms with Gasteiger partial charge in [0.1, 0.15) is 0 Å². The molecule has 3 rings (SSSR count). The van der Waals surface area contributed by atoms with Gasteiger partial charge in [-0.15, -0.1) is 0 Å². The van der Waals surface area contributed by atoms with E-state index >= 15 is 0 Å². The van der Waals surface area contributed by atoms with Crippen LogP contribution in [0.15, 0.2) is 34.0 Å². The normalized spacial score (nSPS) is 21.4. The van der Waals surface area contributed by atoms with E-state index in [1.54, 1.807) is 0 Å². The smallest absolute Gasteiger partial charge is 0.248 e. The van der Waals surface area contributed by atoms with Gasteiger partial charge in [-0.3, -0.25) is 4.79 Å². The van der Waals surface area contributed by atoms with Crippen LogP contribution in [0.1, 0.15) is 37.3 Å². The summed E-state index contributed by atoms with van der Waals surface area (Å²) in [6.07, 6.45) is 0.487. The van der Waals surface area contributed by atoms with Gasteiger partial charge in [0.2, 0.25) is 15.9 Å². The lowest BCUT2D eigenvalue weighted by molar-refractivity contribution is -0.0412. The van der Waals surface area contributed by atoms with E-state index < -0.39 is 27.3 Å². The molecule has 0 unspecified atom stereocenters. The fraction of sp³-hybridized carbons (Fsp3) is 0.400. The Morgan fingerprint density at radius 3 is 2.70 bits per heavy atom. The highest BCUT2D eigenvalue weighted by molar-refractivity contribution is 7.89. The average Bonchev–Trinajstić information content (AvgIpc) is 2.44. The van der Waals surface area contributed by atoms with E-state index in [2.05, 4.69) is 4.98 Å². The summed E-state index contributed by atoms with van der Waals surface area (Å²) in [7, 11) is -4.05. The lowest BCUT2D eigenvalue weighted by atomic mass is 9.84. The summed E-state index contributed by atoms with van der Waals surface area (Å²) in [6, 6.07) is 5.46. The summed E-state index contributed by atoms with van der Waals surface area (Å²) < 4.78 is 50.4. The van der Waals surface area contributed by atoms with Crippen LogP contribution in [0, 0.1) is 0 Å². The van der Waals surface area contributed by atoms with Crippen LogP contribution in [0.25, 0.3) is 10.9 Å². The van der Waals surface area contributed by atoms with Crippen LogP contribution in [-0.4, -0.2) is 19.3 Å². The molecule has 1 heterocycles. The quantitative estimate of drug-likeness (QED) is 0.878. The first-order valence-corrected chi connectivity index (χ1v) is 8.79. The minimum Gasteiger partial charge on any atom is -0.358 e. The number of rotatable bonds is 2. The molecular weight excluding hydrogens is 326 g/mol. The van der Waals surface area contributed by atoms with Crippen LogP contribution >= 0.6 is 0 Å². The molecule has 124 valence electrons. The van der Waals surface area contributed by atoms with E-state index in [-0.39, 0.29) is 28.6 Å². The van der Waals surface area contributed by atoms with Crippen molar-refractivity contribution in [2.75, 3.05) is 0 Å². The Hall–Kier alpha value is -1.80. The molecule has 23 heavy (non-hydrogen) atoms. The van der Waals surface area contributed by atoms with Gasteiger partial charge in [-0.1, -0.05) is 6.07 Å². The Kier molecular flexibility index (Phi) is 3.76. The first-order valence-electron chi connectivity index (χ1n) is 7.24. The minimum atomic E-state index is -4.05. The maximum absolute atomic E-state index is 13.6. The number of primary sulfonamides is 1. The lowest BCUT2D eigenvalue weighted by Gasteiger charge is -2.29. The van der Waals surface area contributed by atoms with E-state index in [1.165, 1.54) is 24.3 Å². The fourth-order valence-electron chi connectivity index (χ4n) is 3.19. The van der Waals surface area contributed by atoms with Gasteiger partial charge in [0.25, 0.3) is 0 Å². The summed E-state index contributed by atoms with van der Waals surface area (Å²) in [6.45, 7) is 0. The third-order valence-electron chi connectivity index (χ3n) is 4.22. The van der Waals surface area contributed by atoms with E-state index in [0.717, 1.165) is 0 Å². The van der Waals surface area contributed by atoms with Crippen molar-refractivity contribution in [2.24, 2.45) is 5.14 Å². The number of hydrogen-bond donors (Lipinski definition) is 2. The molecule has 2 aromatic rings. The Labute approximate surface area is 131 Å². The van der Waals surface area contributed by atoms with Gasteiger partial charge >= 0.3 is 0 Å². The van der Waals surface area contributed by atoms with Gasteiger partial charge in [-0.05, 0) is 25.0 Å². The number of fused-ring (bicyclic) bond motifs is 1. The molecule has 3 N–H and O–H groups in total. The van der Waals surface area contributed by atoms with Crippen LogP contribution in [0.2, 0.25) is 0 Å². The predicted molar refractivity (Wildman–Crippen MR) is 82.1 cm³/mol. The van der Waals surface area contributed by atoms with Gasteiger partial charge < -0.3 is 4.98 Å². The number of benzene rings is 1. The van der Waals surface area contributed by atoms with Crippen molar-refractivity contribution in [3.63, 3.8) is 0 Å². The number of nitrogens with one attached hydrogen (secondary N) is 1. The van der Waals surface area contributed by atoms with Crippen LogP contribution in [0.4, 0.5) is 8.78 Å².